The summed E-state index contributed by atoms with van der Waals surface area (Å²) in [6.45, 7) is 3.91. The van der Waals surface area contributed by atoms with E-state index in [2.05, 4.69) is 27.5 Å². The van der Waals surface area contributed by atoms with Crippen LogP contribution in [0.5, 0.6) is 0 Å². The third-order valence-corrected chi connectivity index (χ3v) is 2.68. The van der Waals surface area contributed by atoms with Crippen molar-refractivity contribution in [3.63, 3.8) is 0 Å². The van der Waals surface area contributed by atoms with Gasteiger partial charge < -0.3 is 15.4 Å². The minimum absolute atomic E-state index is 0. The van der Waals surface area contributed by atoms with Gasteiger partial charge in [0.15, 0.2) is 5.96 Å². The minimum Gasteiger partial charge on any atom is -0.383 e. The van der Waals surface area contributed by atoms with Gasteiger partial charge in [0.2, 0.25) is 0 Å². The molecule has 24 heavy (non-hydrogen) atoms. The van der Waals surface area contributed by atoms with Crippen molar-refractivity contribution in [2.45, 2.75) is 13.1 Å². The van der Waals surface area contributed by atoms with Crippen LogP contribution in [-0.4, -0.2) is 39.3 Å². The number of benzene rings is 1. The van der Waals surface area contributed by atoms with E-state index in [1.54, 1.807) is 13.2 Å². The van der Waals surface area contributed by atoms with Crippen LogP contribution < -0.4 is 10.6 Å². The Kier molecular flexibility index (Phi) is 11.2. The van der Waals surface area contributed by atoms with Gasteiger partial charge in [0.1, 0.15) is 0 Å². The van der Waals surface area contributed by atoms with Crippen LogP contribution in [0.4, 0.5) is 13.2 Å². The van der Waals surface area contributed by atoms with E-state index in [1.165, 1.54) is 6.07 Å². The monoisotopic (exact) mass is 455 g/mol. The van der Waals surface area contributed by atoms with Crippen LogP contribution in [0.1, 0.15) is 18.1 Å². The first kappa shape index (κ1) is 22.5. The molecule has 4 nitrogen and oxygen atoms in total. The van der Waals surface area contributed by atoms with E-state index < -0.39 is 11.7 Å². The second kappa shape index (κ2) is 12.0. The number of nitrogens with zero attached hydrogens (tertiary/aromatic N) is 1. The van der Waals surface area contributed by atoms with Gasteiger partial charge in [-0.05, 0) is 25.1 Å². The third-order valence-electron chi connectivity index (χ3n) is 2.68. The highest BCUT2D eigenvalue weighted by atomic mass is 127. The predicted octanol–water partition coefficient (Wildman–Crippen LogP) is 2.88. The van der Waals surface area contributed by atoms with Gasteiger partial charge >= 0.3 is 6.18 Å². The molecule has 0 saturated heterocycles. The Morgan fingerprint density at radius 2 is 2.04 bits per heavy atom. The van der Waals surface area contributed by atoms with E-state index in [-0.39, 0.29) is 30.5 Å². The number of hydrogen-bond acceptors (Lipinski definition) is 2. The lowest BCUT2D eigenvalue weighted by Gasteiger charge is -2.08. The highest BCUT2D eigenvalue weighted by Crippen LogP contribution is 2.29. The SMILES string of the molecule is CCNC(=NCCOC)NCC#Cc1cccc(C(F)(F)F)c1.I. The van der Waals surface area contributed by atoms with E-state index in [1.807, 2.05) is 6.92 Å². The van der Waals surface area contributed by atoms with Gasteiger partial charge in [-0.3, -0.25) is 4.99 Å². The number of alkyl halides is 3. The van der Waals surface area contributed by atoms with Gasteiger partial charge in [0.25, 0.3) is 0 Å². The van der Waals surface area contributed by atoms with Gasteiger partial charge in [-0.15, -0.1) is 24.0 Å². The van der Waals surface area contributed by atoms with Crippen LogP contribution in [0.2, 0.25) is 0 Å². The Morgan fingerprint density at radius 3 is 2.67 bits per heavy atom. The number of nitrogens with one attached hydrogen (secondary N) is 2. The summed E-state index contributed by atoms with van der Waals surface area (Å²) < 4.78 is 42.7. The van der Waals surface area contributed by atoms with Crippen molar-refractivity contribution in [3.05, 3.63) is 35.4 Å². The molecule has 1 aromatic carbocycles. The number of ether oxygens (including phenoxy) is 1. The van der Waals surface area contributed by atoms with Crippen LogP contribution in [0, 0.1) is 11.8 Å². The first-order valence-electron chi connectivity index (χ1n) is 7.14. The summed E-state index contributed by atoms with van der Waals surface area (Å²) in [6.07, 6.45) is -4.36. The van der Waals surface area contributed by atoms with Crippen molar-refractivity contribution in [2.24, 2.45) is 4.99 Å². The highest BCUT2D eigenvalue weighted by molar-refractivity contribution is 14.0. The Labute approximate surface area is 157 Å². The average molecular weight is 455 g/mol. The largest absolute Gasteiger partial charge is 0.416 e. The summed E-state index contributed by atoms with van der Waals surface area (Å²) >= 11 is 0. The third kappa shape index (κ3) is 8.98. The maximum absolute atomic E-state index is 12.6. The average Bonchev–Trinajstić information content (AvgIpc) is 2.51. The lowest BCUT2D eigenvalue weighted by molar-refractivity contribution is -0.137. The van der Waals surface area contributed by atoms with Crippen LogP contribution in [0.15, 0.2) is 29.3 Å². The maximum atomic E-state index is 12.6. The molecule has 0 spiro atoms. The zero-order valence-corrected chi connectivity index (χ0v) is 15.9. The van der Waals surface area contributed by atoms with Crippen LogP contribution in [0.3, 0.4) is 0 Å². The Hall–Kier alpha value is -1.47. The number of guanidine groups is 1. The standard InChI is InChI=1S/C16H20F3N3O.HI/c1-3-20-15(22-10-11-23-2)21-9-5-7-13-6-4-8-14(12-13)16(17,18)19;/h4,6,8,12H,3,9-11H2,1-2H3,(H2,20,21,22);1H. The van der Waals surface area contributed by atoms with Crippen molar-refractivity contribution in [2.75, 3.05) is 33.4 Å². The lowest BCUT2D eigenvalue weighted by Crippen LogP contribution is -2.37. The summed E-state index contributed by atoms with van der Waals surface area (Å²) in [7, 11) is 1.59. The molecule has 0 heterocycles. The maximum Gasteiger partial charge on any atom is 0.416 e. The lowest BCUT2D eigenvalue weighted by atomic mass is 10.1. The fraction of sp³-hybridized carbons (Fsp3) is 0.438. The van der Waals surface area contributed by atoms with E-state index in [4.69, 9.17) is 4.74 Å². The highest BCUT2D eigenvalue weighted by Gasteiger charge is 2.30. The van der Waals surface area contributed by atoms with E-state index in [0.717, 1.165) is 12.1 Å². The Morgan fingerprint density at radius 1 is 1.29 bits per heavy atom. The smallest absolute Gasteiger partial charge is 0.383 e. The first-order valence-corrected chi connectivity index (χ1v) is 7.14. The van der Waals surface area contributed by atoms with Gasteiger partial charge in [-0.25, -0.2) is 0 Å². The molecule has 0 bridgehead atoms. The molecule has 0 fully saturated rings. The molecule has 134 valence electrons. The van der Waals surface area contributed by atoms with Gasteiger partial charge in [-0.1, -0.05) is 17.9 Å². The summed E-state index contributed by atoms with van der Waals surface area (Å²) in [5, 5.41) is 6.02. The van der Waals surface area contributed by atoms with Crippen molar-refractivity contribution in [1.29, 1.82) is 0 Å². The number of hydrogen-bond donors (Lipinski definition) is 2. The fourth-order valence-electron chi connectivity index (χ4n) is 1.64. The molecule has 0 aliphatic rings. The molecule has 0 aromatic heterocycles. The fourth-order valence-corrected chi connectivity index (χ4v) is 1.64. The normalized spacial score (nSPS) is 11.1. The first-order chi connectivity index (χ1) is 11.0. The topological polar surface area (TPSA) is 45.7 Å². The molecule has 0 unspecified atom stereocenters. The van der Waals surface area contributed by atoms with Crippen LogP contribution in [0.25, 0.3) is 0 Å². The second-order valence-corrected chi connectivity index (χ2v) is 4.49. The van der Waals surface area contributed by atoms with Gasteiger partial charge in [0, 0.05) is 19.2 Å². The van der Waals surface area contributed by atoms with Crippen molar-refractivity contribution < 1.29 is 17.9 Å². The zero-order valence-electron chi connectivity index (χ0n) is 13.5. The van der Waals surface area contributed by atoms with E-state index in [9.17, 15) is 13.2 Å². The second-order valence-electron chi connectivity index (χ2n) is 4.49. The molecular weight excluding hydrogens is 434 g/mol. The van der Waals surface area contributed by atoms with Crippen molar-refractivity contribution in [3.8, 4) is 11.8 Å². The number of rotatable bonds is 5. The minimum atomic E-state index is -4.36. The van der Waals surface area contributed by atoms with Gasteiger partial charge in [0.05, 0.1) is 25.3 Å². The Bertz CT molecular complexity index is 580. The quantitative estimate of drug-likeness (QED) is 0.236. The number of aliphatic imine (C=N–C) groups is 1. The molecule has 0 atom stereocenters. The van der Waals surface area contributed by atoms with E-state index >= 15 is 0 Å². The molecule has 0 radical (unpaired) electrons. The van der Waals surface area contributed by atoms with Crippen LogP contribution >= 0.6 is 24.0 Å². The zero-order chi connectivity index (χ0) is 17.1. The molecule has 0 aliphatic heterocycles. The molecule has 0 aliphatic carbocycles. The number of methoxy groups -OCH3 is 1. The molecule has 0 saturated carbocycles. The number of halogens is 4. The summed E-state index contributed by atoms with van der Waals surface area (Å²) in [4.78, 5) is 4.25. The molecular formula is C16H21F3IN3O. The molecule has 8 heteroatoms. The summed E-state index contributed by atoms with van der Waals surface area (Å²) in [5.74, 6) is 6.07. The van der Waals surface area contributed by atoms with Gasteiger partial charge in [-0.2, -0.15) is 13.2 Å². The molecule has 1 rings (SSSR count). The Balaban J connectivity index is 0.00000529. The van der Waals surface area contributed by atoms with Crippen LogP contribution in [-0.2, 0) is 10.9 Å². The summed E-state index contributed by atoms with van der Waals surface area (Å²) in [5.41, 5.74) is -0.380. The summed E-state index contributed by atoms with van der Waals surface area (Å²) in [6, 6.07) is 4.94. The van der Waals surface area contributed by atoms with E-state index in [0.29, 0.717) is 31.2 Å². The molecule has 1 aromatic rings. The van der Waals surface area contributed by atoms with Crippen molar-refractivity contribution in [1.82, 2.24) is 10.6 Å². The molecule has 2 N–H and O–H groups in total. The van der Waals surface area contributed by atoms with Crippen molar-refractivity contribution >= 4 is 29.9 Å². The predicted molar refractivity (Wildman–Crippen MR) is 99.6 cm³/mol. The molecule has 0 amide bonds.